The molecule has 3 aliphatic carbocycles. The molecule has 1 heterocycles. The molecule has 2 bridgehead atoms. The number of hydrogen-bond donors (Lipinski definition) is 1. The van der Waals surface area contributed by atoms with Crippen molar-refractivity contribution < 1.29 is 33.0 Å². The van der Waals surface area contributed by atoms with Gasteiger partial charge in [0.05, 0.1) is 24.4 Å². The van der Waals surface area contributed by atoms with Gasteiger partial charge >= 0.3 is 5.97 Å². The van der Waals surface area contributed by atoms with Crippen LogP contribution < -0.4 is 19.7 Å². The van der Waals surface area contributed by atoms with E-state index in [2.05, 4.69) is 5.32 Å². The van der Waals surface area contributed by atoms with Gasteiger partial charge in [-0.05, 0) is 55.0 Å². The molecule has 8 nitrogen and oxygen atoms in total. The number of amides is 1. The normalized spacial score (nSPS) is 25.1. The first-order valence-corrected chi connectivity index (χ1v) is 12.5. The van der Waals surface area contributed by atoms with Gasteiger partial charge in [-0.2, -0.15) is 0 Å². The second-order valence-corrected chi connectivity index (χ2v) is 10.9. The van der Waals surface area contributed by atoms with E-state index in [-0.39, 0.29) is 53.1 Å². The Morgan fingerprint density at radius 2 is 1.92 bits per heavy atom. The Hall–Kier alpha value is -3.04. The SMILES string of the molecule is COC(=O)CN1C[C@@H](C(=O)CC23CC(NC(=O)COc4ccc(Cl)c(F)c4)(C2)C3)Oc2ccc(Cl)cc21. The Kier molecular flexibility index (Phi) is 6.70. The van der Waals surface area contributed by atoms with Crippen LogP contribution in [0.1, 0.15) is 25.7 Å². The first-order chi connectivity index (χ1) is 17.6. The third kappa shape index (κ3) is 5.20. The Bertz CT molecular complexity index is 1250. The summed E-state index contributed by atoms with van der Waals surface area (Å²) in [7, 11) is 1.31. The van der Waals surface area contributed by atoms with Crippen LogP contribution in [-0.4, -0.2) is 56.1 Å². The summed E-state index contributed by atoms with van der Waals surface area (Å²) in [6, 6.07) is 9.04. The second kappa shape index (κ2) is 9.68. The minimum Gasteiger partial charge on any atom is -0.484 e. The van der Waals surface area contributed by atoms with Crippen molar-refractivity contribution in [3.8, 4) is 11.5 Å². The zero-order chi connectivity index (χ0) is 26.4. The number of nitrogens with one attached hydrogen (secondary N) is 1. The molecule has 1 N–H and O–H groups in total. The zero-order valence-corrected chi connectivity index (χ0v) is 21.5. The van der Waals surface area contributed by atoms with Gasteiger partial charge in [-0.3, -0.25) is 14.4 Å². The Morgan fingerprint density at radius 1 is 1.16 bits per heavy atom. The lowest BCUT2D eigenvalue weighted by atomic mass is 9.38. The summed E-state index contributed by atoms with van der Waals surface area (Å²) in [5.74, 6) is -0.703. The number of benzene rings is 2. The molecular weight excluding hydrogens is 526 g/mol. The highest BCUT2D eigenvalue weighted by atomic mass is 35.5. The maximum Gasteiger partial charge on any atom is 0.325 e. The van der Waals surface area contributed by atoms with E-state index in [1.165, 1.54) is 19.2 Å². The maximum atomic E-state index is 13.5. The molecular formula is C26H25Cl2FN2O6. The van der Waals surface area contributed by atoms with Gasteiger partial charge in [0.2, 0.25) is 0 Å². The van der Waals surface area contributed by atoms with Crippen LogP contribution in [-0.2, 0) is 19.1 Å². The van der Waals surface area contributed by atoms with Crippen LogP contribution in [0.2, 0.25) is 10.0 Å². The van der Waals surface area contributed by atoms with Crippen LogP contribution in [0.5, 0.6) is 11.5 Å². The number of ketones is 1. The van der Waals surface area contributed by atoms with E-state index in [0.717, 1.165) is 6.07 Å². The van der Waals surface area contributed by atoms with Crippen molar-refractivity contribution in [3.63, 3.8) is 0 Å². The largest absolute Gasteiger partial charge is 0.484 e. The van der Waals surface area contributed by atoms with Gasteiger partial charge in [-0.1, -0.05) is 23.2 Å². The second-order valence-electron chi connectivity index (χ2n) is 10.0. The summed E-state index contributed by atoms with van der Waals surface area (Å²) in [4.78, 5) is 39.3. The number of anilines is 1. The topological polar surface area (TPSA) is 94.2 Å². The molecule has 4 aliphatic rings. The molecule has 0 saturated heterocycles. The molecule has 2 aromatic rings. The van der Waals surface area contributed by atoms with Gasteiger partial charge in [-0.15, -0.1) is 0 Å². The smallest absolute Gasteiger partial charge is 0.325 e. The van der Waals surface area contributed by atoms with E-state index in [4.69, 9.17) is 37.4 Å². The fourth-order valence-corrected chi connectivity index (χ4v) is 6.00. The number of nitrogens with zero attached hydrogens (tertiary/aromatic N) is 1. The van der Waals surface area contributed by atoms with Crippen LogP contribution in [0.4, 0.5) is 10.1 Å². The summed E-state index contributed by atoms with van der Waals surface area (Å²) in [5, 5.41) is 3.46. The van der Waals surface area contributed by atoms with Crippen molar-refractivity contribution >= 4 is 46.5 Å². The summed E-state index contributed by atoms with van der Waals surface area (Å²) >= 11 is 11.8. The van der Waals surface area contributed by atoms with Crippen molar-refractivity contribution in [2.45, 2.75) is 37.3 Å². The van der Waals surface area contributed by atoms with E-state index in [0.29, 0.717) is 42.1 Å². The van der Waals surface area contributed by atoms with Crippen molar-refractivity contribution in [2.75, 3.05) is 31.7 Å². The van der Waals surface area contributed by atoms with Crippen molar-refractivity contribution in [2.24, 2.45) is 5.41 Å². The quantitative estimate of drug-likeness (QED) is 0.472. The molecule has 1 atom stereocenters. The number of carbonyl (C=O) groups is 3. The molecule has 0 aromatic heterocycles. The molecule has 6 rings (SSSR count). The standard InChI is InChI=1S/C26H25Cl2FN2O6/c1-35-24(34)10-31-9-22(37-21-5-2-15(27)6-19(21)31)20(32)8-25-12-26(13-25,14-25)30-23(33)11-36-16-3-4-17(28)18(29)7-16/h2-7,22H,8-14H2,1H3,(H,30,33)/t22-,25?,26?/m0/s1. The Morgan fingerprint density at radius 3 is 2.62 bits per heavy atom. The summed E-state index contributed by atoms with van der Waals surface area (Å²) in [6.07, 6.45) is 1.67. The highest BCUT2D eigenvalue weighted by molar-refractivity contribution is 6.31. The number of carbonyl (C=O) groups excluding carboxylic acids is 3. The predicted octanol–water partition coefficient (Wildman–Crippen LogP) is 3.95. The van der Waals surface area contributed by atoms with Gasteiger partial charge in [0.25, 0.3) is 5.91 Å². The van der Waals surface area contributed by atoms with Crippen LogP contribution in [0.15, 0.2) is 36.4 Å². The number of ether oxygens (including phenoxy) is 3. The van der Waals surface area contributed by atoms with E-state index in [1.54, 1.807) is 23.1 Å². The lowest BCUT2D eigenvalue weighted by Gasteiger charge is -2.70. The third-order valence-electron chi connectivity index (χ3n) is 7.18. The van der Waals surface area contributed by atoms with Gasteiger partial charge in [0.1, 0.15) is 23.9 Å². The predicted molar refractivity (Wildman–Crippen MR) is 134 cm³/mol. The lowest BCUT2D eigenvalue weighted by Crippen LogP contribution is -2.75. The Balaban J connectivity index is 1.13. The molecule has 196 valence electrons. The molecule has 11 heteroatoms. The van der Waals surface area contributed by atoms with Gasteiger partial charge < -0.3 is 24.4 Å². The van der Waals surface area contributed by atoms with Crippen LogP contribution in [0.3, 0.4) is 0 Å². The summed E-state index contributed by atoms with van der Waals surface area (Å²) in [6.45, 7) is -0.0615. The monoisotopic (exact) mass is 550 g/mol. The molecule has 0 unspecified atom stereocenters. The number of fused-ring (bicyclic) bond motifs is 1. The molecule has 0 spiro atoms. The molecule has 3 saturated carbocycles. The maximum absolute atomic E-state index is 13.5. The highest BCUT2D eigenvalue weighted by Gasteiger charge is 2.68. The molecule has 2 aromatic carbocycles. The molecule has 1 amide bonds. The average Bonchev–Trinajstić information content (AvgIpc) is 2.82. The van der Waals surface area contributed by atoms with Gasteiger partial charge in [0, 0.05) is 23.0 Å². The highest BCUT2D eigenvalue weighted by Crippen LogP contribution is 2.69. The lowest BCUT2D eigenvalue weighted by molar-refractivity contribution is -0.175. The number of Topliss-reactive ketones (excluding diaryl/α,β-unsaturated/α-hetero) is 1. The fourth-order valence-electron chi connectivity index (χ4n) is 5.71. The van der Waals surface area contributed by atoms with E-state index in [9.17, 15) is 18.8 Å². The Labute approximate surface area is 222 Å². The van der Waals surface area contributed by atoms with Gasteiger partial charge in [-0.25, -0.2) is 4.39 Å². The number of hydrogen-bond acceptors (Lipinski definition) is 7. The fraction of sp³-hybridized carbons (Fsp3) is 0.423. The summed E-state index contributed by atoms with van der Waals surface area (Å²) < 4.78 is 29.7. The zero-order valence-electron chi connectivity index (χ0n) is 20.0. The summed E-state index contributed by atoms with van der Waals surface area (Å²) in [5.41, 5.74) is 0.138. The van der Waals surface area contributed by atoms with Crippen LogP contribution >= 0.6 is 23.2 Å². The number of methoxy groups -OCH3 is 1. The van der Waals surface area contributed by atoms with Crippen molar-refractivity contribution in [1.29, 1.82) is 0 Å². The molecule has 0 radical (unpaired) electrons. The average molecular weight is 551 g/mol. The van der Waals surface area contributed by atoms with E-state index in [1.807, 2.05) is 0 Å². The molecule has 3 fully saturated rings. The number of rotatable bonds is 9. The van der Waals surface area contributed by atoms with Crippen molar-refractivity contribution in [1.82, 2.24) is 5.32 Å². The minimum atomic E-state index is -0.730. The first kappa shape index (κ1) is 25.6. The first-order valence-electron chi connectivity index (χ1n) is 11.8. The molecule has 1 aliphatic heterocycles. The number of halogens is 3. The van der Waals surface area contributed by atoms with Gasteiger partial charge in [0.15, 0.2) is 18.5 Å². The van der Waals surface area contributed by atoms with E-state index < -0.39 is 17.9 Å². The van der Waals surface area contributed by atoms with Crippen LogP contribution in [0.25, 0.3) is 0 Å². The third-order valence-corrected chi connectivity index (χ3v) is 7.72. The van der Waals surface area contributed by atoms with Crippen LogP contribution in [0, 0.1) is 11.2 Å². The molecule has 37 heavy (non-hydrogen) atoms. The van der Waals surface area contributed by atoms with Crippen molar-refractivity contribution in [3.05, 3.63) is 52.3 Å². The minimum absolute atomic E-state index is 0.0195. The number of esters is 1. The van der Waals surface area contributed by atoms with E-state index >= 15 is 0 Å².